The van der Waals surface area contributed by atoms with Gasteiger partial charge in [-0.05, 0) is 42.5 Å². The standard InChI is InChI=1S/C28H27N3O4/c32-27-22-13-7-8-14-23(22)28(33)30(27)21-15-16-24(26(18-21)31(34)35)29-25(20-11-5-2-6-12-20)17-19-9-3-1-4-10-19/h1-6,9-12,15-16,18,22-23,25,29H,7-8,13-14,17H2/t22-,23-,25-/m1/s1. The van der Waals surface area contributed by atoms with E-state index in [2.05, 4.69) is 5.32 Å². The van der Waals surface area contributed by atoms with Crippen LogP contribution < -0.4 is 10.2 Å². The molecule has 7 heteroatoms. The molecule has 1 N–H and O–H groups in total. The topological polar surface area (TPSA) is 92.6 Å². The van der Waals surface area contributed by atoms with Crippen molar-refractivity contribution in [1.29, 1.82) is 0 Å². The molecule has 1 aliphatic carbocycles. The van der Waals surface area contributed by atoms with Crippen LogP contribution in [-0.2, 0) is 16.0 Å². The zero-order chi connectivity index (χ0) is 24.4. The van der Waals surface area contributed by atoms with E-state index in [-0.39, 0.29) is 41.1 Å². The molecule has 0 spiro atoms. The van der Waals surface area contributed by atoms with Crippen LogP contribution in [0.15, 0.2) is 78.9 Å². The highest BCUT2D eigenvalue weighted by Crippen LogP contribution is 2.42. The second-order valence-electron chi connectivity index (χ2n) is 9.27. The maximum absolute atomic E-state index is 13.0. The molecule has 2 aliphatic rings. The third-order valence-corrected chi connectivity index (χ3v) is 7.09. The van der Waals surface area contributed by atoms with Crippen LogP contribution in [0.4, 0.5) is 17.1 Å². The Labute approximate surface area is 203 Å². The fourth-order valence-electron chi connectivity index (χ4n) is 5.32. The number of imide groups is 1. The van der Waals surface area contributed by atoms with Crippen LogP contribution in [0.3, 0.4) is 0 Å². The van der Waals surface area contributed by atoms with Crippen molar-refractivity contribution in [2.24, 2.45) is 11.8 Å². The zero-order valence-electron chi connectivity index (χ0n) is 19.3. The van der Waals surface area contributed by atoms with E-state index in [9.17, 15) is 19.7 Å². The molecule has 0 radical (unpaired) electrons. The van der Waals surface area contributed by atoms with E-state index in [0.29, 0.717) is 24.9 Å². The van der Waals surface area contributed by atoms with Crippen molar-refractivity contribution >= 4 is 28.9 Å². The van der Waals surface area contributed by atoms with E-state index in [1.54, 1.807) is 12.1 Å². The zero-order valence-corrected chi connectivity index (χ0v) is 19.3. The molecule has 2 amide bonds. The minimum atomic E-state index is -0.464. The van der Waals surface area contributed by atoms with Gasteiger partial charge in [-0.15, -0.1) is 0 Å². The SMILES string of the molecule is O=C1[C@@H]2CCCC[C@H]2C(=O)N1c1ccc(N[C@H](Cc2ccccc2)c2ccccc2)c([N+](=O)[O-])c1. The Hall–Kier alpha value is -4.00. The predicted octanol–water partition coefficient (Wildman–Crippen LogP) is 5.67. The summed E-state index contributed by atoms with van der Waals surface area (Å²) in [6.45, 7) is 0. The first-order chi connectivity index (χ1) is 17.0. The lowest BCUT2D eigenvalue weighted by Gasteiger charge is -2.22. The van der Waals surface area contributed by atoms with Gasteiger partial charge in [0.1, 0.15) is 5.69 Å². The summed E-state index contributed by atoms with van der Waals surface area (Å²) in [7, 11) is 0. The maximum Gasteiger partial charge on any atom is 0.294 e. The average Bonchev–Trinajstić information content (AvgIpc) is 3.15. The number of nitro groups is 1. The summed E-state index contributed by atoms with van der Waals surface area (Å²) >= 11 is 0. The van der Waals surface area contributed by atoms with Crippen molar-refractivity contribution in [2.45, 2.75) is 38.1 Å². The molecular formula is C28H27N3O4. The first-order valence-corrected chi connectivity index (χ1v) is 12.0. The Bertz CT molecular complexity index is 1220. The lowest BCUT2D eigenvalue weighted by molar-refractivity contribution is -0.383. The van der Waals surface area contributed by atoms with E-state index < -0.39 is 4.92 Å². The van der Waals surface area contributed by atoms with Gasteiger partial charge in [-0.25, -0.2) is 4.90 Å². The Morgan fingerprint density at radius 3 is 2.09 bits per heavy atom. The van der Waals surface area contributed by atoms with Crippen LogP contribution in [-0.4, -0.2) is 16.7 Å². The summed E-state index contributed by atoms with van der Waals surface area (Å²) in [6, 6.07) is 24.1. The van der Waals surface area contributed by atoms with Crippen molar-refractivity contribution in [3.63, 3.8) is 0 Å². The van der Waals surface area contributed by atoms with E-state index in [4.69, 9.17) is 0 Å². The number of nitro benzene ring substituents is 1. The fraction of sp³-hybridized carbons (Fsp3) is 0.286. The van der Waals surface area contributed by atoms with Crippen LogP contribution in [0.5, 0.6) is 0 Å². The number of carbonyl (C=O) groups excluding carboxylic acids is 2. The van der Waals surface area contributed by atoms with E-state index in [1.165, 1.54) is 6.07 Å². The molecule has 1 saturated carbocycles. The quantitative estimate of drug-likeness (QED) is 0.273. The van der Waals surface area contributed by atoms with Gasteiger partial charge in [0.05, 0.1) is 28.5 Å². The number of anilines is 2. The van der Waals surface area contributed by atoms with Crippen molar-refractivity contribution in [3.05, 3.63) is 100 Å². The van der Waals surface area contributed by atoms with Crippen molar-refractivity contribution < 1.29 is 14.5 Å². The first kappa shape index (κ1) is 22.8. The van der Waals surface area contributed by atoms with Gasteiger partial charge in [0.15, 0.2) is 0 Å². The van der Waals surface area contributed by atoms with Crippen molar-refractivity contribution in [2.75, 3.05) is 10.2 Å². The predicted molar refractivity (Wildman–Crippen MR) is 134 cm³/mol. The maximum atomic E-state index is 13.0. The number of nitrogens with zero attached hydrogens (tertiary/aromatic N) is 2. The molecule has 3 aromatic carbocycles. The Morgan fingerprint density at radius 2 is 1.49 bits per heavy atom. The summed E-state index contributed by atoms with van der Waals surface area (Å²) < 4.78 is 0. The van der Waals surface area contributed by atoms with Gasteiger partial charge < -0.3 is 5.32 Å². The third kappa shape index (κ3) is 4.54. The molecule has 1 aliphatic heterocycles. The van der Waals surface area contributed by atoms with Crippen molar-refractivity contribution in [3.8, 4) is 0 Å². The Morgan fingerprint density at radius 1 is 0.886 bits per heavy atom. The van der Waals surface area contributed by atoms with Crippen LogP contribution in [0.25, 0.3) is 0 Å². The molecule has 5 rings (SSSR count). The Kier molecular flexibility index (Phi) is 6.31. The van der Waals surface area contributed by atoms with Gasteiger partial charge in [-0.2, -0.15) is 0 Å². The highest BCUT2D eigenvalue weighted by atomic mass is 16.6. The summed E-state index contributed by atoms with van der Waals surface area (Å²) in [5, 5.41) is 15.4. The molecule has 178 valence electrons. The van der Waals surface area contributed by atoms with E-state index in [0.717, 1.165) is 28.9 Å². The van der Waals surface area contributed by atoms with E-state index in [1.807, 2.05) is 60.7 Å². The smallest absolute Gasteiger partial charge is 0.294 e. The third-order valence-electron chi connectivity index (χ3n) is 7.09. The minimum Gasteiger partial charge on any atom is -0.372 e. The lowest BCUT2D eigenvalue weighted by atomic mass is 9.81. The average molecular weight is 470 g/mol. The summed E-state index contributed by atoms with van der Waals surface area (Å²) in [5.41, 5.74) is 2.56. The fourth-order valence-corrected chi connectivity index (χ4v) is 5.32. The number of fused-ring (bicyclic) bond motifs is 1. The van der Waals surface area contributed by atoms with Gasteiger partial charge in [0, 0.05) is 6.07 Å². The highest BCUT2D eigenvalue weighted by Gasteiger charge is 2.49. The molecule has 3 aromatic rings. The number of benzene rings is 3. The number of rotatable bonds is 7. The highest BCUT2D eigenvalue weighted by molar-refractivity contribution is 6.22. The monoisotopic (exact) mass is 469 g/mol. The van der Waals surface area contributed by atoms with Crippen LogP contribution in [0.2, 0.25) is 0 Å². The largest absolute Gasteiger partial charge is 0.372 e. The molecule has 7 nitrogen and oxygen atoms in total. The summed E-state index contributed by atoms with van der Waals surface area (Å²) in [5.74, 6) is -1.08. The molecule has 0 bridgehead atoms. The van der Waals surface area contributed by atoms with Gasteiger partial charge in [0.2, 0.25) is 11.8 Å². The second-order valence-corrected chi connectivity index (χ2v) is 9.27. The molecule has 2 fully saturated rings. The number of amides is 2. The number of hydrogen-bond acceptors (Lipinski definition) is 5. The number of hydrogen-bond donors (Lipinski definition) is 1. The molecule has 1 heterocycles. The molecular weight excluding hydrogens is 442 g/mol. The van der Waals surface area contributed by atoms with Crippen molar-refractivity contribution in [1.82, 2.24) is 0 Å². The number of nitrogens with one attached hydrogen (secondary N) is 1. The van der Waals surface area contributed by atoms with E-state index >= 15 is 0 Å². The molecule has 3 atom stereocenters. The minimum absolute atomic E-state index is 0.160. The van der Waals surface area contributed by atoms with Gasteiger partial charge in [-0.1, -0.05) is 73.5 Å². The van der Waals surface area contributed by atoms with Gasteiger partial charge in [0.25, 0.3) is 5.69 Å². The first-order valence-electron chi connectivity index (χ1n) is 12.0. The molecule has 1 saturated heterocycles. The lowest BCUT2D eigenvalue weighted by Crippen LogP contribution is -2.30. The van der Waals surface area contributed by atoms with Crippen LogP contribution in [0.1, 0.15) is 42.9 Å². The van der Waals surface area contributed by atoms with Crippen LogP contribution in [0, 0.1) is 22.0 Å². The van der Waals surface area contributed by atoms with Gasteiger partial charge >= 0.3 is 0 Å². The van der Waals surface area contributed by atoms with Crippen LogP contribution >= 0.6 is 0 Å². The summed E-state index contributed by atoms with van der Waals surface area (Å²) in [4.78, 5) is 38.8. The molecule has 0 unspecified atom stereocenters. The molecule has 35 heavy (non-hydrogen) atoms. The summed E-state index contributed by atoms with van der Waals surface area (Å²) in [6.07, 6.45) is 3.90. The Balaban J connectivity index is 1.47. The van der Waals surface area contributed by atoms with Gasteiger partial charge in [-0.3, -0.25) is 19.7 Å². The molecule has 0 aromatic heterocycles. The number of carbonyl (C=O) groups is 2. The normalized spacial score (nSPS) is 20.4. The second kappa shape index (κ2) is 9.70.